The number of rotatable bonds is 9. The lowest BCUT2D eigenvalue weighted by Crippen LogP contribution is -2.45. The normalized spacial score (nSPS) is 17.9. The Morgan fingerprint density at radius 3 is 2.43 bits per heavy atom. The van der Waals surface area contributed by atoms with Gasteiger partial charge in [-0.1, -0.05) is 49.1 Å². The largest absolute Gasteiger partial charge is 0.395 e. The number of aromatic nitrogens is 1. The summed E-state index contributed by atoms with van der Waals surface area (Å²) in [6, 6.07) is 11.5. The summed E-state index contributed by atoms with van der Waals surface area (Å²) in [6.07, 6.45) is 6.65. The molecule has 2 atom stereocenters. The molecule has 0 radical (unpaired) electrons. The van der Waals surface area contributed by atoms with Gasteiger partial charge in [0.2, 0.25) is 5.91 Å². The first kappa shape index (κ1) is 29.7. The maximum absolute atomic E-state index is 14.3. The van der Waals surface area contributed by atoms with Gasteiger partial charge in [0.1, 0.15) is 16.7 Å². The lowest BCUT2D eigenvalue weighted by molar-refractivity contribution is -0.123. The molecule has 1 aliphatic carbocycles. The minimum Gasteiger partial charge on any atom is -0.395 e. The lowest BCUT2D eigenvalue weighted by atomic mass is 9.95. The van der Waals surface area contributed by atoms with Crippen LogP contribution in [-0.2, 0) is 9.53 Å². The van der Waals surface area contributed by atoms with Crippen LogP contribution in [0.5, 0.6) is 0 Å². The zero-order valence-corrected chi connectivity index (χ0v) is 24.4. The van der Waals surface area contributed by atoms with E-state index >= 15 is 0 Å². The topological polar surface area (TPSA) is 127 Å². The summed E-state index contributed by atoms with van der Waals surface area (Å²) in [5, 5.41) is 5.93. The Morgan fingerprint density at radius 1 is 1.05 bits per heavy atom. The predicted octanol–water partition coefficient (Wildman–Crippen LogP) is 4.92. The van der Waals surface area contributed by atoms with Crippen LogP contribution in [0.1, 0.15) is 82.3 Å². The third-order valence-corrected chi connectivity index (χ3v) is 8.68. The van der Waals surface area contributed by atoms with E-state index in [0.717, 1.165) is 62.0 Å². The van der Waals surface area contributed by atoms with Crippen LogP contribution in [-0.4, -0.2) is 47.4 Å². The van der Waals surface area contributed by atoms with Crippen LogP contribution in [0, 0.1) is 12.7 Å². The number of carbonyl (C=O) groups is 3. The van der Waals surface area contributed by atoms with Crippen molar-refractivity contribution in [1.82, 2.24) is 15.0 Å². The summed E-state index contributed by atoms with van der Waals surface area (Å²) in [7, 11) is 0. The Morgan fingerprint density at radius 2 is 1.76 bits per heavy atom. The molecule has 1 saturated carbocycles. The molecule has 0 bridgehead atoms. The number of hydrogen-bond donors (Lipinski definition) is 3. The van der Waals surface area contributed by atoms with Crippen LogP contribution in [0.3, 0.4) is 0 Å². The number of halogens is 1. The molecule has 4 N–H and O–H groups in total. The zero-order valence-electron chi connectivity index (χ0n) is 23.6. The Kier molecular flexibility index (Phi) is 9.48. The van der Waals surface area contributed by atoms with Gasteiger partial charge in [-0.15, -0.1) is 0 Å². The Labute approximate surface area is 248 Å². The van der Waals surface area contributed by atoms with Gasteiger partial charge >= 0.3 is 0 Å². The monoisotopic (exact) mass is 593 g/mol. The van der Waals surface area contributed by atoms with Gasteiger partial charge in [0.25, 0.3) is 11.8 Å². The molecular formula is C31H36FN5O4S. The number of amides is 3. The van der Waals surface area contributed by atoms with Crippen molar-refractivity contribution in [1.29, 1.82) is 0 Å². The van der Waals surface area contributed by atoms with Gasteiger partial charge in [0, 0.05) is 24.9 Å². The molecule has 1 aliphatic heterocycles. The Balaban J connectivity index is 1.50. The maximum atomic E-state index is 14.3. The van der Waals surface area contributed by atoms with Gasteiger partial charge in [-0.05, 0) is 74.0 Å². The highest BCUT2D eigenvalue weighted by atomic mass is 32.1. The first-order chi connectivity index (χ1) is 20.3. The average molecular weight is 594 g/mol. The van der Waals surface area contributed by atoms with E-state index in [-0.39, 0.29) is 34.9 Å². The molecule has 1 aromatic heterocycles. The van der Waals surface area contributed by atoms with Crippen LogP contribution >= 0.6 is 11.5 Å². The second-order valence-corrected chi connectivity index (χ2v) is 11.7. The van der Waals surface area contributed by atoms with Gasteiger partial charge in [0.15, 0.2) is 5.69 Å². The van der Waals surface area contributed by atoms with Crippen molar-refractivity contribution < 1.29 is 23.5 Å². The summed E-state index contributed by atoms with van der Waals surface area (Å²) >= 11 is 0.823. The minimum absolute atomic E-state index is 0.000976. The molecule has 222 valence electrons. The Hall–Kier alpha value is -3.83. The summed E-state index contributed by atoms with van der Waals surface area (Å²) in [6.45, 7) is 2.83. The predicted molar refractivity (Wildman–Crippen MR) is 160 cm³/mol. The summed E-state index contributed by atoms with van der Waals surface area (Å²) in [5.41, 5.74) is 8.18. The number of aryl methyl sites for hydroxylation is 1. The number of carbonyl (C=O) groups excluding carboxylic acids is 3. The van der Waals surface area contributed by atoms with Crippen LogP contribution in [0.2, 0.25) is 0 Å². The number of anilines is 2. The molecule has 2 heterocycles. The Bertz CT molecular complexity index is 1400. The molecule has 11 heteroatoms. The standard InChI is InChI=1S/C31H36FN5O4S/c1-19-9-15-23(16-10-19)37(27(20-11-13-21(32)14-12-20)30(39)34-18-24-8-5-17-41-24)31(40)28-25(33)26(36-42-28)29(38)35-22-6-3-2-4-7-22/h9-16,22,24,27H,2-8,17-18,33H2,1H3,(H,34,39)(H,35,38)/t24-,27+/m1/s1. The van der Waals surface area contributed by atoms with Crippen molar-refractivity contribution in [3.63, 3.8) is 0 Å². The quantitative estimate of drug-likeness (QED) is 0.323. The smallest absolute Gasteiger partial charge is 0.273 e. The highest BCUT2D eigenvalue weighted by molar-refractivity contribution is 7.09. The number of nitrogen functional groups attached to an aromatic ring is 1. The number of nitrogens with two attached hydrogens (primary N) is 1. The van der Waals surface area contributed by atoms with Crippen molar-refractivity contribution >= 4 is 40.6 Å². The molecule has 5 rings (SSSR count). The average Bonchev–Trinajstić information content (AvgIpc) is 3.66. The number of nitrogens with one attached hydrogen (secondary N) is 2. The molecule has 0 unspecified atom stereocenters. The lowest BCUT2D eigenvalue weighted by Gasteiger charge is -2.31. The number of ether oxygens (including phenoxy) is 1. The molecule has 42 heavy (non-hydrogen) atoms. The molecule has 0 spiro atoms. The van der Waals surface area contributed by atoms with Crippen molar-refractivity contribution in [2.75, 3.05) is 23.8 Å². The van der Waals surface area contributed by atoms with Crippen LogP contribution in [0.4, 0.5) is 15.8 Å². The van der Waals surface area contributed by atoms with Crippen LogP contribution < -0.4 is 21.3 Å². The SMILES string of the molecule is Cc1ccc(N(C(=O)c2snc(C(=O)NC3CCCCC3)c2N)[C@H](C(=O)NC[C@H]2CCCO2)c2ccc(F)cc2)cc1. The van der Waals surface area contributed by atoms with Gasteiger partial charge in [-0.25, -0.2) is 4.39 Å². The van der Waals surface area contributed by atoms with Crippen LogP contribution in [0.15, 0.2) is 48.5 Å². The molecule has 2 aromatic carbocycles. The number of nitrogens with zero attached hydrogens (tertiary/aromatic N) is 2. The van der Waals surface area contributed by atoms with Gasteiger partial charge in [-0.2, -0.15) is 4.37 Å². The molecule has 2 aliphatic rings. The van der Waals surface area contributed by atoms with Gasteiger partial charge in [-0.3, -0.25) is 19.3 Å². The van der Waals surface area contributed by atoms with E-state index in [1.165, 1.54) is 29.2 Å². The highest BCUT2D eigenvalue weighted by Gasteiger charge is 2.36. The third kappa shape index (κ3) is 6.79. The summed E-state index contributed by atoms with van der Waals surface area (Å²) < 4.78 is 23.9. The van der Waals surface area contributed by atoms with Crippen molar-refractivity contribution in [3.8, 4) is 0 Å². The van der Waals surface area contributed by atoms with E-state index in [2.05, 4.69) is 15.0 Å². The van der Waals surface area contributed by atoms with E-state index in [0.29, 0.717) is 17.9 Å². The summed E-state index contributed by atoms with van der Waals surface area (Å²) in [4.78, 5) is 42.6. The summed E-state index contributed by atoms with van der Waals surface area (Å²) in [5.74, 6) is -1.93. The van der Waals surface area contributed by atoms with E-state index in [4.69, 9.17) is 10.5 Å². The second kappa shape index (κ2) is 13.4. The van der Waals surface area contributed by atoms with E-state index < -0.39 is 29.6 Å². The fourth-order valence-electron chi connectivity index (χ4n) is 5.49. The second-order valence-electron chi connectivity index (χ2n) is 10.9. The highest BCUT2D eigenvalue weighted by Crippen LogP contribution is 2.34. The first-order valence-electron chi connectivity index (χ1n) is 14.4. The third-order valence-electron chi connectivity index (χ3n) is 7.83. The van der Waals surface area contributed by atoms with Gasteiger partial charge in [0.05, 0.1) is 11.8 Å². The number of hydrogen-bond acceptors (Lipinski definition) is 7. The van der Waals surface area contributed by atoms with E-state index in [1.54, 1.807) is 12.1 Å². The fourth-order valence-corrected chi connectivity index (χ4v) is 6.23. The molecule has 1 saturated heterocycles. The minimum atomic E-state index is -1.16. The molecule has 3 aromatic rings. The first-order valence-corrected chi connectivity index (χ1v) is 15.2. The van der Waals surface area contributed by atoms with Crippen molar-refractivity contribution in [2.45, 2.75) is 70.1 Å². The van der Waals surface area contributed by atoms with Crippen molar-refractivity contribution in [3.05, 3.63) is 76.0 Å². The molecule has 2 fully saturated rings. The van der Waals surface area contributed by atoms with Crippen LogP contribution in [0.25, 0.3) is 0 Å². The zero-order chi connectivity index (χ0) is 29.6. The molecule has 9 nitrogen and oxygen atoms in total. The fraction of sp³-hybridized carbons (Fsp3) is 0.419. The number of benzene rings is 2. The molecular weight excluding hydrogens is 557 g/mol. The maximum Gasteiger partial charge on any atom is 0.273 e. The molecule has 3 amide bonds. The van der Waals surface area contributed by atoms with E-state index in [9.17, 15) is 18.8 Å². The van der Waals surface area contributed by atoms with Crippen molar-refractivity contribution in [2.24, 2.45) is 0 Å². The van der Waals surface area contributed by atoms with Gasteiger partial charge < -0.3 is 21.1 Å². The van der Waals surface area contributed by atoms with E-state index in [1.807, 2.05) is 19.1 Å².